The molecule has 0 fully saturated rings. The molecule has 0 amide bonds. The summed E-state index contributed by atoms with van der Waals surface area (Å²) in [4.78, 5) is 0. The Morgan fingerprint density at radius 2 is 0.422 bits per heavy atom. The molecule has 9 heteroatoms. The van der Waals surface area contributed by atoms with Gasteiger partial charge in [-0.1, -0.05) is 303 Å². The van der Waals surface area contributed by atoms with Crippen LogP contribution in [0.2, 0.25) is 0 Å². The molecule has 0 aliphatic carbocycles. The smallest absolute Gasteiger partial charge is 0.145 e. The molecule has 9 aromatic heterocycles. The zero-order valence-corrected chi connectivity index (χ0v) is 73.8. The van der Waals surface area contributed by atoms with Gasteiger partial charge < -0.3 is 36.2 Å². The third-order valence-corrected chi connectivity index (χ3v) is 29.1. The van der Waals surface area contributed by atoms with Crippen molar-refractivity contribution in [2.24, 2.45) is 0 Å². The molecule has 0 spiro atoms. The number of hydrogen-bond donors (Lipinski definition) is 0. The van der Waals surface area contributed by atoms with Crippen LogP contribution in [0, 0.1) is 0 Å². The number of rotatable bonds is 9. The number of para-hydroxylation sites is 8. The van der Waals surface area contributed by atoms with Gasteiger partial charge in [-0.05, 0) is 203 Å². The fraction of sp³-hybridized carbons (Fsp3) is 0. The van der Waals surface area contributed by atoms with E-state index >= 15 is 0 Å². The summed E-state index contributed by atoms with van der Waals surface area (Å²) in [6.45, 7) is 0. The normalized spacial score (nSPS) is 12.0. The van der Waals surface area contributed by atoms with Crippen LogP contribution < -0.4 is 0 Å². The van der Waals surface area contributed by atoms with Crippen LogP contribution in [0.1, 0.15) is 0 Å². The predicted octanol–water partition coefficient (Wildman–Crippen LogP) is 34.8. The highest BCUT2D eigenvalue weighted by Crippen LogP contribution is 2.49. The van der Waals surface area contributed by atoms with Gasteiger partial charge in [0.1, 0.15) is 22.3 Å². The van der Waals surface area contributed by atoms with Gasteiger partial charge in [-0.3, -0.25) is 0 Å². The van der Waals surface area contributed by atoms with Crippen molar-refractivity contribution in [2.75, 3.05) is 0 Å². The standard InChI is InChI=1S/2C42H26N2O.C42H26N2S/c1-2-11-27(12-3-1)28-13-10-14-29(25-28)43-36-18-7-4-15-31(36)35-26-30(21-23-38(35)43)44-37-19-8-5-17-34(37)41-39(44)24-22-33-32-16-6-9-20-40(32)45-42(33)41;1-2-11-27(12-3-1)28-13-10-14-29(25-28)44-36-18-7-4-15-31(36)32-22-21-30(26-39(32)44)43-37-19-8-5-17-35(37)41-38(43)24-23-34-33-16-6-9-20-40(33)45-42(34)41;1-2-11-27(12-3-1)28-13-10-14-29(25-28)43-36-18-7-4-15-31(36)35-26-30(21-23-38(35)43)44-37-19-8-5-17-34(37)41-39(44)24-22-33-32-16-6-9-20-40(32)45-42(33)41/h3*1-26H. The second kappa shape index (κ2) is 30.4. The molecule has 630 valence electrons. The molecule has 0 N–H and O–H groups in total. The van der Waals surface area contributed by atoms with E-state index in [2.05, 4.69) is 488 Å². The minimum atomic E-state index is 0.917. The van der Waals surface area contributed by atoms with Gasteiger partial charge in [0.25, 0.3) is 0 Å². The summed E-state index contributed by atoms with van der Waals surface area (Å²) in [6, 6.07) is 171. The van der Waals surface area contributed by atoms with Crippen molar-refractivity contribution in [1.29, 1.82) is 0 Å². The summed E-state index contributed by atoms with van der Waals surface area (Å²) in [5.41, 5.74) is 32.1. The van der Waals surface area contributed by atoms with Crippen LogP contribution in [-0.2, 0) is 0 Å². The topological polar surface area (TPSA) is 55.9 Å². The molecular formula is C126H78N6O2S. The van der Waals surface area contributed by atoms with Gasteiger partial charge in [-0.25, -0.2) is 0 Å². The maximum atomic E-state index is 6.54. The number of furan rings is 2. The van der Waals surface area contributed by atoms with E-state index in [-0.39, 0.29) is 0 Å². The first-order valence-corrected chi connectivity index (χ1v) is 46.9. The van der Waals surface area contributed by atoms with Crippen LogP contribution >= 0.6 is 11.3 Å². The molecule has 0 bridgehead atoms. The molecule has 135 heavy (non-hydrogen) atoms. The molecule has 0 aliphatic rings. The van der Waals surface area contributed by atoms with Gasteiger partial charge in [0.05, 0.1) is 77.0 Å². The molecule has 0 radical (unpaired) electrons. The number of hydrogen-bond acceptors (Lipinski definition) is 3. The zero-order chi connectivity index (χ0) is 88.5. The lowest BCUT2D eigenvalue weighted by atomic mass is 10.1. The van der Waals surface area contributed by atoms with Crippen LogP contribution in [0.3, 0.4) is 0 Å². The second-order valence-electron chi connectivity index (χ2n) is 35.3. The van der Waals surface area contributed by atoms with E-state index in [1.165, 1.54) is 168 Å². The van der Waals surface area contributed by atoms with Gasteiger partial charge in [0.15, 0.2) is 0 Å². The van der Waals surface area contributed by atoms with E-state index in [9.17, 15) is 0 Å². The fourth-order valence-corrected chi connectivity index (χ4v) is 23.3. The first-order chi connectivity index (χ1) is 67.0. The summed E-state index contributed by atoms with van der Waals surface area (Å²) in [6.07, 6.45) is 0. The van der Waals surface area contributed by atoms with Crippen molar-refractivity contribution in [3.05, 3.63) is 473 Å². The summed E-state index contributed by atoms with van der Waals surface area (Å²) < 4.78 is 30.2. The molecular weight excluding hydrogens is 1660 g/mol. The highest BCUT2D eigenvalue weighted by Gasteiger charge is 2.26. The number of thiophene rings is 1. The highest BCUT2D eigenvalue weighted by molar-refractivity contribution is 7.26. The SMILES string of the molecule is c1ccc(-c2cccc(-n3c4ccccc4c4cc(-n5c6ccccc6c6c7oc8ccccc8c7ccc65)ccc43)c2)cc1.c1ccc(-c2cccc(-n3c4ccccc4c4cc(-n5c6ccccc6c6c7sc8ccccc8c7ccc65)ccc43)c2)cc1.c1ccc(-c2cccc(-n3c4ccccc4c4ccc(-n5c6ccccc6c6c7oc8ccccc8c7ccc65)cc43)c2)cc1. The van der Waals surface area contributed by atoms with Crippen LogP contribution in [0.4, 0.5) is 0 Å². The zero-order valence-electron chi connectivity index (χ0n) is 72.9. The van der Waals surface area contributed by atoms with Gasteiger partial charge in [-0.15, -0.1) is 11.3 Å². The molecule has 0 unspecified atom stereocenters. The fourth-order valence-electron chi connectivity index (χ4n) is 22.0. The van der Waals surface area contributed by atoms with Crippen molar-refractivity contribution in [3.8, 4) is 67.5 Å². The van der Waals surface area contributed by atoms with Crippen molar-refractivity contribution in [2.45, 2.75) is 0 Å². The van der Waals surface area contributed by atoms with E-state index in [0.29, 0.717) is 0 Å². The van der Waals surface area contributed by atoms with Crippen molar-refractivity contribution in [3.63, 3.8) is 0 Å². The van der Waals surface area contributed by atoms with Crippen molar-refractivity contribution in [1.82, 2.24) is 27.4 Å². The van der Waals surface area contributed by atoms with Crippen LogP contribution in [0.25, 0.3) is 262 Å². The Hall–Kier alpha value is -17.8. The second-order valence-corrected chi connectivity index (χ2v) is 36.3. The Kier molecular flexibility index (Phi) is 17.2. The third-order valence-electron chi connectivity index (χ3n) is 27.9. The lowest BCUT2D eigenvalue weighted by molar-refractivity contribution is 0.672. The maximum Gasteiger partial charge on any atom is 0.145 e. The van der Waals surface area contributed by atoms with Crippen LogP contribution in [0.15, 0.2) is 482 Å². The lowest BCUT2D eigenvalue weighted by Gasteiger charge is -2.12. The Bertz CT molecular complexity index is 9720. The van der Waals surface area contributed by atoms with Crippen LogP contribution in [0.5, 0.6) is 0 Å². The minimum Gasteiger partial charge on any atom is -0.455 e. The van der Waals surface area contributed by atoms with Gasteiger partial charge in [0, 0.05) is 130 Å². The van der Waals surface area contributed by atoms with E-state index in [1.54, 1.807) is 0 Å². The largest absolute Gasteiger partial charge is 0.455 e. The molecule has 0 saturated heterocycles. The number of benzene rings is 21. The highest BCUT2D eigenvalue weighted by atomic mass is 32.1. The molecule has 0 saturated carbocycles. The number of aromatic nitrogens is 6. The summed E-state index contributed by atoms with van der Waals surface area (Å²) >= 11 is 1.90. The molecule has 30 aromatic rings. The average molecular weight is 1740 g/mol. The average Bonchev–Trinajstić information content (AvgIpc) is 1.56. The van der Waals surface area contributed by atoms with Crippen molar-refractivity contribution < 1.29 is 8.83 Å². The monoisotopic (exact) mass is 1740 g/mol. The van der Waals surface area contributed by atoms with E-state index in [0.717, 1.165) is 93.9 Å². The Morgan fingerprint density at radius 1 is 0.148 bits per heavy atom. The lowest BCUT2D eigenvalue weighted by Crippen LogP contribution is -1.97. The summed E-state index contributed by atoms with van der Waals surface area (Å²) in [5, 5.41) is 22.0. The molecule has 0 atom stereocenters. The quantitative estimate of drug-likeness (QED) is 0.145. The summed E-state index contributed by atoms with van der Waals surface area (Å²) in [5.74, 6) is 0. The van der Waals surface area contributed by atoms with Gasteiger partial charge in [-0.2, -0.15) is 0 Å². The molecule has 8 nitrogen and oxygen atoms in total. The Morgan fingerprint density at radius 3 is 0.859 bits per heavy atom. The predicted molar refractivity (Wildman–Crippen MR) is 569 cm³/mol. The Balaban J connectivity index is 0.000000101. The molecule has 0 aliphatic heterocycles. The molecule has 9 heterocycles. The third kappa shape index (κ3) is 11.9. The number of fused-ring (bicyclic) bond motifs is 30. The van der Waals surface area contributed by atoms with E-state index in [1.807, 2.05) is 23.5 Å². The van der Waals surface area contributed by atoms with Gasteiger partial charge in [0.2, 0.25) is 0 Å². The van der Waals surface area contributed by atoms with Crippen LogP contribution in [-0.4, -0.2) is 27.4 Å². The Labute approximate surface area is 777 Å². The van der Waals surface area contributed by atoms with Gasteiger partial charge >= 0.3 is 0 Å². The number of nitrogens with zero attached hydrogens (tertiary/aromatic N) is 6. The van der Waals surface area contributed by atoms with E-state index < -0.39 is 0 Å². The summed E-state index contributed by atoms with van der Waals surface area (Å²) in [7, 11) is 0. The van der Waals surface area contributed by atoms with Crippen molar-refractivity contribution >= 4 is 206 Å². The van der Waals surface area contributed by atoms with E-state index in [4.69, 9.17) is 8.83 Å². The minimum absolute atomic E-state index is 0.917. The molecule has 30 rings (SSSR count). The first-order valence-electron chi connectivity index (χ1n) is 46.1. The maximum absolute atomic E-state index is 6.54. The molecule has 21 aromatic carbocycles. The first kappa shape index (κ1) is 76.1.